The topological polar surface area (TPSA) is 63.0 Å². The fourth-order valence-electron chi connectivity index (χ4n) is 3.03. The van der Waals surface area contributed by atoms with E-state index in [1.165, 1.54) is 16.8 Å². The van der Waals surface area contributed by atoms with E-state index in [9.17, 15) is 9.18 Å². The van der Waals surface area contributed by atoms with Crippen molar-refractivity contribution in [3.63, 3.8) is 0 Å². The van der Waals surface area contributed by atoms with Crippen LogP contribution in [0, 0.1) is 5.82 Å². The lowest BCUT2D eigenvalue weighted by molar-refractivity contribution is 0.627. The molecule has 6 heteroatoms. The van der Waals surface area contributed by atoms with Crippen LogP contribution < -0.4 is 5.56 Å². The second-order valence-corrected chi connectivity index (χ2v) is 6.25. The van der Waals surface area contributed by atoms with Crippen LogP contribution in [0.2, 0.25) is 0 Å². The van der Waals surface area contributed by atoms with Gasteiger partial charge in [0.25, 0.3) is 5.56 Å². The molecule has 2 aromatic carbocycles. The fourth-order valence-corrected chi connectivity index (χ4v) is 3.03. The number of benzene rings is 2. The summed E-state index contributed by atoms with van der Waals surface area (Å²) in [6, 6.07) is 18.9. The van der Waals surface area contributed by atoms with Gasteiger partial charge in [-0.1, -0.05) is 30.3 Å². The summed E-state index contributed by atoms with van der Waals surface area (Å²) in [7, 11) is 0. The maximum absolute atomic E-state index is 13.3. The van der Waals surface area contributed by atoms with Gasteiger partial charge in [-0.05, 0) is 43.3 Å². The van der Waals surface area contributed by atoms with Gasteiger partial charge in [-0.15, -0.1) is 0 Å². The minimum atomic E-state index is -0.360. The predicted octanol–water partition coefficient (Wildman–Crippen LogP) is 4.51. The number of aromatic amines is 1. The molecule has 0 aliphatic heterocycles. The van der Waals surface area contributed by atoms with Gasteiger partial charge < -0.3 is 0 Å². The SMILES string of the molecule is CC(=Nc1cccnc1)c1c(-c2ccccc2)[nH]n(-c2ccc(F)cc2)c1=O. The Bertz CT molecular complexity index is 1180. The second kappa shape index (κ2) is 7.44. The molecule has 0 radical (unpaired) electrons. The minimum absolute atomic E-state index is 0.254. The molecule has 28 heavy (non-hydrogen) atoms. The molecule has 0 unspecified atom stereocenters. The number of hydrogen-bond acceptors (Lipinski definition) is 3. The van der Waals surface area contributed by atoms with Crippen LogP contribution >= 0.6 is 0 Å². The van der Waals surface area contributed by atoms with E-state index in [1.807, 2.05) is 36.4 Å². The fraction of sp³-hybridized carbons (Fsp3) is 0.0455. The molecule has 2 aromatic heterocycles. The van der Waals surface area contributed by atoms with Gasteiger partial charge in [0.1, 0.15) is 5.82 Å². The van der Waals surface area contributed by atoms with Crippen LogP contribution in [0.1, 0.15) is 12.5 Å². The lowest BCUT2D eigenvalue weighted by Gasteiger charge is -2.03. The first-order chi connectivity index (χ1) is 13.6. The molecule has 138 valence electrons. The third-order valence-corrected chi connectivity index (χ3v) is 4.34. The van der Waals surface area contributed by atoms with Gasteiger partial charge in [0, 0.05) is 11.8 Å². The highest BCUT2D eigenvalue weighted by molar-refractivity contribution is 6.04. The van der Waals surface area contributed by atoms with E-state index in [0.29, 0.717) is 28.3 Å². The molecule has 1 N–H and O–H groups in total. The van der Waals surface area contributed by atoms with Gasteiger partial charge >= 0.3 is 0 Å². The second-order valence-electron chi connectivity index (χ2n) is 6.25. The Balaban J connectivity index is 1.92. The van der Waals surface area contributed by atoms with Crippen molar-refractivity contribution in [1.29, 1.82) is 0 Å². The Morgan fingerprint density at radius 1 is 1.04 bits per heavy atom. The number of halogens is 1. The summed E-state index contributed by atoms with van der Waals surface area (Å²) >= 11 is 0. The van der Waals surface area contributed by atoms with Crippen LogP contribution in [-0.2, 0) is 0 Å². The van der Waals surface area contributed by atoms with Crippen molar-refractivity contribution >= 4 is 11.4 Å². The van der Waals surface area contributed by atoms with Gasteiger partial charge in [-0.3, -0.25) is 19.9 Å². The Kier molecular flexibility index (Phi) is 4.68. The first-order valence-corrected chi connectivity index (χ1v) is 8.75. The number of hydrogen-bond donors (Lipinski definition) is 1. The molecule has 5 nitrogen and oxygen atoms in total. The molecule has 0 aliphatic rings. The van der Waals surface area contributed by atoms with Crippen molar-refractivity contribution in [3.8, 4) is 16.9 Å². The molecule has 0 bridgehead atoms. The number of nitrogens with zero attached hydrogens (tertiary/aromatic N) is 3. The van der Waals surface area contributed by atoms with Crippen LogP contribution in [0.5, 0.6) is 0 Å². The van der Waals surface area contributed by atoms with E-state index in [-0.39, 0.29) is 11.4 Å². The van der Waals surface area contributed by atoms with Crippen LogP contribution in [0.4, 0.5) is 10.1 Å². The van der Waals surface area contributed by atoms with Crippen molar-refractivity contribution < 1.29 is 4.39 Å². The Labute approximate surface area is 160 Å². The molecule has 2 heterocycles. The maximum Gasteiger partial charge on any atom is 0.280 e. The third-order valence-electron chi connectivity index (χ3n) is 4.34. The molecule has 0 aliphatic carbocycles. The van der Waals surface area contributed by atoms with Crippen LogP contribution in [-0.4, -0.2) is 20.5 Å². The largest absolute Gasteiger partial charge is 0.290 e. The number of nitrogens with one attached hydrogen (secondary N) is 1. The van der Waals surface area contributed by atoms with Crippen LogP contribution in [0.3, 0.4) is 0 Å². The molecule has 0 saturated carbocycles. The molecule has 0 saturated heterocycles. The van der Waals surface area contributed by atoms with E-state index >= 15 is 0 Å². The van der Waals surface area contributed by atoms with Gasteiger partial charge in [-0.25, -0.2) is 9.07 Å². The van der Waals surface area contributed by atoms with Gasteiger partial charge in [-0.2, -0.15) is 0 Å². The quantitative estimate of drug-likeness (QED) is 0.536. The lowest BCUT2D eigenvalue weighted by atomic mass is 10.1. The first-order valence-electron chi connectivity index (χ1n) is 8.75. The highest BCUT2D eigenvalue weighted by Gasteiger charge is 2.19. The van der Waals surface area contributed by atoms with Crippen molar-refractivity contribution in [1.82, 2.24) is 14.8 Å². The third kappa shape index (κ3) is 3.40. The highest BCUT2D eigenvalue weighted by Crippen LogP contribution is 2.22. The Morgan fingerprint density at radius 3 is 2.46 bits per heavy atom. The highest BCUT2D eigenvalue weighted by atomic mass is 19.1. The average molecular weight is 372 g/mol. The van der Waals surface area contributed by atoms with Crippen molar-refractivity contribution in [2.75, 3.05) is 0 Å². The zero-order valence-electron chi connectivity index (χ0n) is 15.1. The van der Waals surface area contributed by atoms with E-state index in [2.05, 4.69) is 15.1 Å². The normalized spacial score (nSPS) is 11.6. The number of aromatic nitrogens is 3. The standard InChI is InChI=1S/C22H17FN4O/c1-15(25-18-8-5-13-24-14-18)20-21(16-6-3-2-4-7-16)26-27(22(20)28)19-11-9-17(23)10-12-19/h2-14,26H,1H3. The first kappa shape index (κ1) is 17.6. The summed E-state index contributed by atoms with van der Waals surface area (Å²) in [5.41, 5.74) is 3.48. The van der Waals surface area contributed by atoms with Gasteiger partial charge in [0.2, 0.25) is 0 Å². The predicted molar refractivity (Wildman–Crippen MR) is 108 cm³/mol. The van der Waals surface area contributed by atoms with Crippen LogP contribution in [0.15, 0.2) is 88.9 Å². The average Bonchev–Trinajstić information content (AvgIpc) is 3.07. The molecule has 0 spiro atoms. The number of rotatable bonds is 4. The van der Waals surface area contributed by atoms with Crippen molar-refractivity contribution in [3.05, 3.63) is 101 Å². The zero-order valence-corrected chi connectivity index (χ0v) is 15.1. The molecular formula is C22H17FN4O. The van der Waals surface area contributed by atoms with Crippen molar-refractivity contribution in [2.24, 2.45) is 4.99 Å². The summed E-state index contributed by atoms with van der Waals surface area (Å²) in [5.74, 6) is -0.360. The van der Waals surface area contributed by atoms with E-state index in [1.54, 1.807) is 37.5 Å². The molecule has 0 fully saturated rings. The summed E-state index contributed by atoms with van der Waals surface area (Å²) < 4.78 is 14.7. The number of H-pyrrole nitrogens is 1. The van der Waals surface area contributed by atoms with Crippen molar-refractivity contribution in [2.45, 2.75) is 6.92 Å². The van der Waals surface area contributed by atoms with Crippen LogP contribution in [0.25, 0.3) is 16.9 Å². The summed E-state index contributed by atoms with van der Waals surface area (Å²) in [6.45, 7) is 1.79. The molecule has 0 amide bonds. The Morgan fingerprint density at radius 2 is 1.79 bits per heavy atom. The number of aliphatic imine (C=N–C) groups is 1. The van der Waals surface area contributed by atoms with Gasteiger partial charge in [0.05, 0.1) is 34.5 Å². The maximum atomic E-state index is 13.3. The van der Waals surface area contributed by atoms with E-state index in [4.69, 9.17) is 0 Å². The zero-order chi connectivity index (χ0) is 19.5. The smallest absolute Gasteiger partial charge is 0.280 e. The summed E-state index contributed by atoms with van der Waals surface area (Å²) in [5, 5.41) is 3.15. The summed E-state index contributed by atoms with van der Waals surface area (Å²) in [4.78, 5) is 21.8. The van der Waals surface area contributed by atoms with E-state index in [0.717, 1.165) is 5.56 Å². The molecule has 4 aromatic rings. The molecular weight excluding hydrogens is 355 g/mol. The number of pyridine rings is 1. The minimum Gasteiger partial charge on any atom is -0.290 e. The van der Waals surface area contributed by atoms with Gasteiger partial charge in [0.15, 0.2) is 0 Å². The molecule has 4 rings (SSSR count). The Hall–Kier alpha value is -3.80. The van der Waals surface area contributed by atoms with E-state index < -0.39 is 0 Å². The lowest BCUT2D eigenvalue weighted by Crippen LogP contribution is -2.19. The summed E-state index contributed by atoms with van der Waals surface area (Å²) in [6.07, 6.45) is 3.30. The molecule has 0 atom stereocenters. The monoisotopic (exact) mass is 372 g/mol.